The van der Waals surface area contributed by atoms with Gasteiger partial charge in [0.05, 0.1) is 25.4 Å². The molecule has 0 radical (unpaired) electrons. The summed E-state index contributed by atoms with van der Waals surface area (Å²) >= 11 is 0. The standard InChI is InChI=1S/C35H35FN2O8/c1-37-34(41)32-27-17-26(22-6-7-22)28(18-31(27)46-33(32)23-8-10-25(36)11-9-23)38-12-3-13-44-14-15-45-20-21-4-2-5-24(16-21)29(39)19-30(40)35(42)43/h2,4-5,8-11,16-19,22,38,40H,3,6-7,12-15,20H2,1H3,(H,37,41)(H,42,43)/b30-19-. The number of nitrogens with one attached hydrogen (secondary N) is 2. The number of ether oxygens (including phenoxy) is 2. The average Bonchev–Trinajstić information content (AvgIpc) is 3.83. The molecule has 1 fully saturated rings. The summed E-state index contributed by atoms with van der Waals surface area (Å²) in [4.78, 5) is 35.8. The molecule has 1 saturated carbocycles. The van der Waals surface area contributed by atoms with Crippen molar-refractivity contribution in [3.05, 3.63) is 101 Å². The fourth-order valence-electron chi connectivity index (χ4n) is 5.09. The van der Waals surface area contributed by atoms with Gasteiger partial charge in [0.1, 0.15) is 17.2 Å². The first-order valence-corrected chi connectivity index (χ1v) is 15.0. The van der Waals surface area contributed by atoms with Crippen LogP contribution >= 0.6 is 0 Å². The van der Waals surface area contributed by atoms with E-state index in [-0.39, 0.29) is 23.9 Å². The van der Waals surface area contributed by atoms with Crippen LogP contribution in [0.1, 0.15) is 57.0 Å². The van der Waals surface area contributed by atoms with E-state index in [4.69, 9.17) is 19.0 Å². The predicted octanol–water partition coefficient (Wildman–Crippen LogP) is 6.22. The Labute approximate surface area is 264 Å². The van der Waals surface area contributed by atoms with Gasteiger partial charge in [-0.15, -0.1) is 0 Å². The molecule has 0 atom stereocenters. The molecular weight excluding hydrogens is 595 g/mol. The van der Waals surface area contributed by atoms with E-state index in [0.29, 0.717) is 60.8 Å². The van der Waals surface area contributed by atoms with Crippen molar-refractivity contribution in [1.29, 1.82) is 0 Å². The molecule has 0 spiro atoms. The third-order valence-electron chi connectivity index (χ3n) is 7.56. The maximum Gasteiger partial charge on any atom is 0.371 e. The molecule has 3 aromatic carbocycles. The number of fused-ring (bicyclic) bond motifs is 1. The molecular formula is C35H35FN2O8. The van der Waals surface area contributed by atoms with Crippen LogP contribution in [0.3, 0.4) is 0 Å². The molecule has 4 aromatic rings. The largest absolute Gasteiger partial charge is 0.502 e. The van der Waals surface area contributed by atoms with E-state index in [0.717, 1.165) is 41.5 Å². The second kappa shape index (κ2) is 14.9. The topological polar surface area (TPSA) is 147 Å². The van der Waals surface area contributed by atoms with Gasteiger partial charge in [-0.1, -0.05) is 18.2 Å². The minimum atomic E-state index is -1.57. The SMILES string of the molecule is CNC(=O)c1c(-c2ccc(F)cc2)oc2cc(NCCCOCCOCc3cccc(C(=O)/C=C(\O)C(=O)O)c3)c(C3CC3)cc12. The van der Waals surface area contributed by atoms with Gasteiger partial charge in [-0.25, -0.2) is 9.18 Å². The molecule has 1 aromatic heterocycles. The van der Waals surface area contributed by atoms with Crippen molar-refractivity contribution in [2.45, 2.75) is 31.8 Å². The molecule has 1 amide bonds. The number of carbonyl (C=O) groups is 3. The maximum atomic E-state index is 13.6. The number of carboxylic acid groups (broad SMARTS) is 1. The second-order valence-corrected chi connectivity index (χ2v) is 10.9. The number of aliphatic hydroxyl groups excluding tert-OH is 1. The number of benzene rings is 3. The molecule has 0 unspecified atom stereocenters. The molecule has 1 heterocycles. The van der Waals surface area contributed by atoms with Gasteiger partial charge in [0.15, 0.2) is 5.78 Å². The van der Waals surface area contributed by atoms with Crippen molar-refractivity contribution in [3.8, 4) is 11.3 Å². The van der Waals surface area contributed by atoms with E-state index in [2.05, 4.69) is 10.6 Å². The number of aliphatic hydroxyl groups is 1. The number of hydrogen-bond donors (Lipinski definition) is 4. The van der Waals surface area contributed by atoms with Crippen molar-refractivity contribution in [1.82, 2.24) is 5.32 Å². The number of rotatable bonds is 16. The van der Waals surface area contributed by atoms with Crippen molar-refractivity contribution in [2.75, 3.05) is 38.7 Å². The first-order valence-electron chi connectivity index (χ1n) is 15.0. The van der Waals surface area contributed by atoms with Gasteiger partial charge in [0.25, 0.3) is 5.91 Å². The van der Waals surface area contributed by atoms with Crippen molar-refractivity contribution in [3.63, 3.8) is 0 Å². The van der Waals surface area contributed by atoms with Gasteiger partial charge in [-0.2, -0.15) is 0 Å². The summed E-state index contributed by atoms with van der Waals surface area (Å²) in [5.41, 5.74) is 4.69. The molecule has 1 aliphatic rings. The summed E-state index contributed by atoms with van der Waals surface area (Å²) in [6.45, 7) is 2.14. The minimum Gasteiger partial charge on any atom is -0.502 e. The van der Waals surface area contributed by atoms with Crippen LogP contribution < -0.4 is 10.6 Å². The Morgan fingerprint density at radius 2 is 1.76 bits per heavy atom. The number of halogens is 1. The maximum absolute atomic E-state index is 13.6. The zero-order valence-electron chi connectivity index (χ0n) is 25.3. The van der Waals surface area contributed by atoms with E-state index < -0.39 is 17.5 Å². The number of carbonyl (C=O) groups excluding carboxylic acids is 2. The Bertz CT molecular complexity index is 1760. The van der Waals surface area contributed by atoms with Crippen LogP contribution in [-0.4, -0.2) is 61.3 Å². The lowest BCUT2D eigenvalue weighted by molar-refractivity contribution is -0.135. The number of ketones is 1. The molecule has 240 valence electrons. The summed E-state index contributed by atoms with van der Waals surface area (Å²) < 4.78 is 31.1. The van der Waals surface area contributed by atoms with Gasteiger partial charge < -0.3 is 34.7 Å². The van der Waals surface area contributed by atoms with Crippen LogP contribution in [-0.2, 0) is 20.9 Å². The molecule has 0 bridgehead atoms. The van der Waals surface area contributed by atoms with Crippen LogP contribution in [0.25, 0.3) is 22.3 Å². The number of furan rings is 1. The molecule has 10 nitrogen and oxygen atoms in total. The number of carboxylic acids is 1. The number of amides is 1. The Hall–Kier alpha value is -5.00. The molecule has 5 rings (SSSR count). The number of allylic oxidation sites excluding steroid dienone is 1. The van der Waals surface area contributed by atoms with E-state index in [1.54, 1.807) is 37.4 Å². The fraction of sp³-hybridized carbons (Fsp3) is 0.286. The highest BCUT2D eigenvalue weighted by atomic mass is 19.1. The minimum absolute atomic E-state index is 0.240. The second-order valence-electron chi connectivity index (χ2n) is 10.9. The summed E-state index contributed by atoms with van der Waals surface area (Å²) in [6, 6.07) is 16.4. The van der Waals surface area contributed by atoms with Crippen LogP contribution in [0, 0.1) is 5.82 Å². The Morgan fingerprint density at radius 3 is 2.48 bits per heavy atom. The molecule has 0 saturated heterocycles. The lowest BCUT2D eigenvalue weighted by Gasteiger charge is -2.12. The van der Waals surface area contributed by atoms with Crippen LogP contribution in [0.15, 0.2) is 76.9 Å². The smallest absolute Gasteiger partial charge is 0.371 e. The Morgan fingerprint density at radius 1 is 1.00 bits per heavy atom. The molecule has 11 heteroatoms. The number of aliphatic carboxylic acids is 1. The molecule has 0 aliphatic heterocycles. The first-order chi connectivity index (χ1) is 22.2. The molecule has 1 aliphatic carbocycles. The Kier molecular flexibility index (Phi) is 10.5. The Balaban J connectivity index is 1.12. The monoisotopic (exact) mass is 630 g/mol. The average molecular weight is 631 g/mol. The lowest BCUT2D eigenvalue weighted by atomic mass is 10.0. The van der Waals surface area contributed by atoms with Crippen molar-refractivity contribution in [2.24, 2.45) is 0 Å². The van der Waals surface area contributed by atoms with E-state index in [9.17, 15) is 23.9 Å². The molecule has 4 N–H and O–H groups in total. The van der Waals surface area contributed by atoms with Crippen LogP contribution in [0.2, 0.25) is 0 Å². The summed E-state index contributed by atoms with van der Waals surface area (Å²) in [6.07, 6.45) is 3.56. The first kappa shape index (κ1) is 32.4. The lowest BCUT2D eigenvalue weighted by Crippen LogP contribution is -2.18. The van der Waals surface area contributed by atoms with Crippen LogP contribution in [0.5, 0.6) is 0 Å². The van der Waals surface area contributed by atoms with Gasteiger partial charge in [0, 0.05) is 54.5 Å². The van der Waals surface area contributed by atoms with Gasteiger partial charge in [-0.05, 0) is 72.7 Å². The van der Waals surface area contributed by atoms with Gasteiger partial charge >= 0.3 is 5.97 Å². The number of anilines is 1. The van der Waals surface area contributed by atoms with Gasteiger partial charge in [0.2, 0.25) is 5.76 Å². The highest BCUT2D eigenvalue weighted by Crippen LogP contribution is 2.46. The van der Waals surface area contributed by atoms with E-state index >= 15 is 0 Å². The van der Waals surface area contributed by atoms with Crippen LogP contribution in [0.4, 0.5) is 10.1 Å². The third kappa shape index (κ3) is 7.98. The van der Waals surface area contributed by atoms with E-state index in [1.165, 1.54) is 18.2 Å². The zero-order valence-corrected chi connectivity index (χ0v) is 25.3. The predicted molar refractivity (Wildman–Crippen MR) is 170 cm³/mol. The highest BCUT2D eigenvalue weighted by Gasteiger charge is 2.29. The van der Waals surface area contributed by atoms with Crippen molar-refractivity contribution >= 4 is 34.3 Å². The van der Waals surface area contributed by atoms with Crippen molar-refractivity contribution < 1.29 is 42.9 Å². The third-order valence-corrected chi connectivity index (χ3v) is 7.56. The summed E-state index contributed by atoms with van der Waals surface area (Å²) in [5.74, 6) is -3.03. The number of hydrogen-bond acceptors (Lipinski definition) is 8. The quantitative estimate of drug-likeness (QED) is 0.0490. The van der Waals surface area contributed by atoms with Gasteiger partial charge in [-0.3, -0.25) is 9.59 Å². The van der Waals surface area contributed by atoms with E-state index in [1.807, 2.05) is 12.1 Å². The molecule has 46 heavy (non-hydrogen) atoms. The summed E-state index contributed by atoms with van der Waals surface area (Å²) in [5, 5.41) is 24.9. The highest BCUT2D eigenvalue weighted by molar-refractivity contribution is 6.12. The normalized spacial score (nSPS) is 13.1. The zero-order chi connectivity index (χ0) is 32.6. The fourth-order valence-corrected chi connectivity index (χ4v) is 5.09. The summed E-state index contributed by atoms with van der Waals surface area (Å²) in [7, 11) is 1.57.